The third-order valence-electron chi connectivity index (χ3n) is 12.0. The predicted octanol–water partition coefficient (Wildman–Crippen LogP) is 17.2. The zero-order valence-corrected chi connectivity index (χ0v) is 34.8. The molecule has 0 saturated carbocycles. The van der Waals surface area contributed by atoms with Crippen LogP contribution in [0.4, 0.5) is 17.1 Å². The van der Waals surface area contributed by atoms with Crippen molar-refractivity contribution in [3.05, 3.63) is 218 Å². The molecular formula is C59H44N2O. The first-order chi connectivity index (χ1) is 30.7. The lowest BCUT2D eigenvalue weighted by atomic mass is 9.93. The maximum atomic E-state index is 6.33. The highest BCUT2D eigenvalue weighted by atomic mass is 16.3. The average molecular weight is 797 g/mol. The van der Waals surface area contributed by atoms with Gasteiger partial charge in [-0.25, -0.2) is 0 Å². The Balaban J connectivity index is 0.00000140. The first-order valence-electron chi connectivity index (χ1n) is 21.6. The zero-order chi connectivity index (χ0) is 41.6. The van der Waals surface area contributed by atoms with Gasteiger partial charge in [0.05, 0.1) is 16.7 Å². The number of anilines is 3. The molecule has 12 aromatic rings. The molecule has 0 N–H and O–H groups in total. The van der Waals surface area contributed by atoms with E-state index < -0.39 is 0 Å². The lowest BCUT2D eigenvalue weighted by Gasteiger charge is -2.27. The second kappa shape index (κ2) is 15.6. The minimum absolute atomic E-state index is 0.892. The quantitative estimate of drug-likeness (QED) is 0.167. The largest absolute Gasteiger partial charge is 0.456 e. The summed E-state index contributed by atoms with van der Waals surface area (Å²) in [6, 6.07) is 78.8. The number of para-hydroxylation sites is 2. The molecular weight excluding hydrogens is 753 g/mol. The summed E-state index contributed by atoms with van der Waals surface area (Å²) in [5.74, 6) is 0. The van der Waals surface area contributed by atoms with E-state index in [1.54, 1.807) is 0 Å². The van der Waals surface area contributed by atoms with Crippen molar-refractivity contribution in [3.8, 4) is 27.9 Å². The second-order valence-electron chi connectivity index (χ2n) is 16.0. The van der Waals surface area contributed by atoms with Crippen LogP contribution >= 0.6 is 0 Å². The molecule has 0 bridgehead atoms. The van der Waals surface area contributed by atoms with E-state index in [-0.39, 0.29) is 0 Å². The van der Waals surface area contributed by atoms with Gasteiger partial charge in [0.1, 0.15) is 11.2 Å². The molecule has 2 aromatic heterocycles. The van der Waals surface area contributed by atoms with E-state index in [0.29, 0.717) is 0 Å². The molecule has 3 heteroatoms. The number of benzene rings is 10. The van der Waals surface area contributed by atoms with E-state index in [4.69, 9.17) is 4.42 Å². The average Bonchev–Trinajstić information content (AvgIpc) is 3.87. The van der Waals surface area contributed by atoms with Gasteiger partial charge in [0.25, 0.3) is 0 Å². The molecule has 0 amide bonds. The third-order valence-corrected chi connectivity index (χ3v) is 12.0. The Morgan fingerprint density at radius 3 is 1.81 bits per heavy atom. The number of hydrogen-bond donors (Lipinski definition) is 0. The summed E-state index contributed by atoms with van der Waals surface area (Å²) in [4.78, 5) is 2.39. The summed E-state index contributed by atoms with van der Waals surface area (Å²) in [5.41, 5.74) is 13.3. The minimum atomic E-state index is 0.892. The molecule has 0 saturated heterocycles. The molecule has 296 valence electrons. The van der Waals surface area contributed by atoms with Gasteiger partial charge in [-0.05, 0) is 105 Å². The first kappa shape index (κ1) is 37.1. The number of fused-ring (bicyclic) bond motifs is 8. The summed E-state index contributed by atoms with van der Waals surface area (Å²) in [6.07, 6.45) is 1.25. The Hall–Kier alpha value is -7.88. The highest BCUT2D eigenvalue weighted by Crippen LogP contribution is 2.43. The Kier molecular flexibility index (Phi) is 9.36. The zero-order valence-electron chi connectivity index (χ0n) is 34.8. The maximum Gasteiger partial charge on any atom is 0.137 e. The Bertz CT molecular complexity index is 3590. The predicted molar refractivity (Wildman–Crippen MR) is 265 cm³/mol. The van der Waals surface area contributed by atoms with Gasteiger partial charge in [0.2, 0.25) is 0 Å². The van der Waals surface area contributed by atoms with Crippen molar-refractivity contribution in [3.63, 3.8) is 0 Å². The molecule has 0 aliphatic carbocycles. The van der Waals surface area contributed by atoms with Gasteiger partial charge in [-0.3, -0.25) is 0 Å². The van der Waals surface area contributed by atoms with Crippen molar-refractivity contribution < 1.29 is 4.42 Å². The summed E-state index contributed by atoms with van der Waals surface area (Å²) < 4.78 is 8.69. The van der Waals surface area contributed by atoms with Crippen LogP contribution in [0.2, 0.25) is 0 Å². The van der Waals surface area contributed by atoms with Gasteiger partial charge < -0.3 is 13.9 Å². The van der Waals surface area contributed by atoms with Gasteiger partial charge in [0, 0.05) is 50.1 Å². The standard InChI is InChI=1S/C56H36N2O.C3H8/c1-2-14-40-34-43(30-24-37(40)12-1)57(52-22-11-15-38-13-3-4-18-47(38)52)42-28-25-39(26-29-42)45-16-5-6-17-46(45)41-27-33-54-51(35-41)48-19-7-9-21-53(48)58(54)44-31-32-50-49-20-8-10-23-55(49)59-56(50)36-44;1-3-2/h1-36H;3H2,1-2H3. The fraction of sp³-hybridized carbons (Fsp3) is 0.0508. The minimum Gasteiger partial charge on any atom is -0.456 e. The van der Waals surface area contributed by atoms with Crippen molar-refractivity contribution in [1.29, 1.82) is 0 Å². The molecule has 62 heavy (non-hydrogen) atoms. The van der Waals surface area contributed by atoms with E-state index in [1.807, 2.05) is 12.1 Å². The molecule has 2 heterocycles. The van der Waals surface area contributed by atoms with Crippen LogP contribution in [0.3, 0.4) is 0 Å². The summed E-state index contributed by atoms with van der Waals surface area (Å²) >= 11 is 0. The van der Waals surface area contributed by atoms with E-state index in [1.165, 1.54) is 66.5 Å². The molecule has 0 fully saturated rings. The molecule has 0 atom stereocenters. The first-order valence-corrected chi connectivity index (χ1v) is 21.6. The van der Waals surface area contributed by atoms with Crippen molar-refractivity contribution in [2.24, 2.45) is 0 Å². The van der Waals surface area contributed by atoms with Crippen molar-refractivity contribution >= 4 is 82.4 Å². The fourth-order valence-electron chi connectivity index (χ4n) is 9.20. The smallest absolute Gasteiger partial charge is 0.137 e. The third kappa shape index (κ3) is 6.38. The van der Waals surface area contributed by atoms with Gasteiger partial charge in [-0.15, -0.1) is 0 Å². The highest BCUT2D eigenvalue weighted by molar-refractivity contribution is 6.12. The molecule has 3 nitrogen and oxygen atoms in total. The fourth-order valence-corrected chi connectivity index (χ4v) is 9.20. The molecule has 0 radical (unpaired) electrons. The number of hydrogen-bond acceptors (Lipinski definition) is 2. The SMILES string of the molecule is CCC.c1ccc(-c2ccc3c(c2)c2ccccc2n3-c2ccc3c(c2)oc2ccccc23)c(-c2ccc(N(c3ccc4ccccc4c3)c3cccc4ccccc34)cc2)c1. The number of aromatic nitrogens is 1. The summed E-state index contributed by atoms with van der Waals surface area (Å²) in [5, 5.41) is 9.58. The van der Waals surface area contributed by atoms with E-state index in [2.05, 4.69) is 230 Å². The maximum absolute atomic E-state index is 6.33. The van der Waals surface area contributed by atoms with Crippen LogP contribution in [-0.4, -0.2) is 4.57 Å². The van der Waals surface area contributed by atoms with Gasteiger partial charge in [-0.1, -0.05) is 166 Å². The van der Waals surface area contributed by atoms with Crippen LogP contribution < -0.4 is 4.90 Å². The molecule has 0 aliphatic rings. The molecule has 12 rings (SSSR count). The lowest BCUT2D eigenvalue weighted by Crippen LogP contribution is -2.10. The molecule has 0 aliphatic heterocycles. The van der Waals surface area contributed by atoms with Crippen LogP contribution in [0.5, 0.6) is 0 Å². The monoisotopic (exact) mass is 796 g/mol. The topological polar surface area (TPSA) is 21.3 Å². The number of rotatable bonds is 6. The van der Waals surface area contributed by atoms with Crippen molar-refractivity contribution in [1.82, 2.24) is 4.57 Å². The Labute approximate surface area is 361 Å². The van der Waals surface area contributed by atoms with Gasteiger partial charge in [-0.2, -0.15) is 0 Å². The highest BCUT2D eigenvalue weighted by Gasteiger charge is 2.19. The van der Waals surface area contributed by atoms with Crippen LogP contribution in [0.25, 0.3) is 93.2 Å². The van der Waals surface area contributed by atoms with Crippen LogP contribution in [0.15, 0.2) is 223 Å². The van der Waals surface area contributed by atoms with Crippen LogP contribution in [-0.2, 0) is 0 Å². The number of nitrogens with zero attached hydrogens (tertiary/aromatic N) is 2. The van der Waals surface area contributed by atoms with Crippen molar-refractivity contribution in [2.45, 2.75) is 20.3 Å². The van der Waals surface area contributed by atoms with Gasteiger partial charge >= 0.3 is 0 Å². The molecule has 10 aromatic carbocycles. The lowest BCUT2D eigenvalue weighted by molar-refractivity contribution is 0.668. The molecule has 0 spiro atoms. The molecule has 0 unspecified atom stereocenters. The summed E-state index contributed by atoms with van der Waals surface area (Å²) in [6.45, 7) is 4.25. The normalized spacial score (nSPS) is 11.5. The number of furan rings is 1. The van der Waals surface area contributed by atoms with Crippen LogP contribution in [0.1, 0.15) is 20.3 Å². The van der Waals surface area contributed by atoms with Crippen LogP contribution in [0, 0.1) is 0 Å². The van der Waals surface area contributed by atoms with E-state index in [0.717, 1.165) is 50.2 Å². The van der Waals surface area contributed by atoms with Gasteiger partial charge in [0.15, 0.2) is 0 Å². The Morgan fingerprint density at radius 1 is 0.387 bits per heavy atom. The summed E-state index contributed by atoms with van der Waals surface area (Å²) in [7, 11) is 0. The second-order valence-corrected chi connectivity index (χ2v) is 16.0. The van der Waals surface area contributed by atoms with Crippen molar-refractivity contribution in [2.75, 3.05) is 4.90 Å². The Morgan fingerprint density at radius 2 is 0.984 bits per heavy atom. The van der Waals surface area contributed by atoms with E-state index in [9.17, 15) is 0 Å². The van der Waals surface area contributed by atoms with E-state index >= 15 is 0 Å².